The second-order valence-electron chi connectivity index (χ2n) is 7.19. The normalized spacial score (nSPS) is 14.7. The minimum Gasteiger partial charge on any atom is -0.469 e. The first-order chi connectivity index (χ1) is 14.0. The van der Waals surface area contributed by atoms with Crippen LogP contribution >= 0.6 is 11.3 Å². The number of ether oxygens (including phenoxy) is 2. The van der Waals surface area contributed by atoms with Crippen molar-refractivity contribution in [3.8, 4) is 0 Å². The van der Waals surface area contributed by atoms with E-state index in [-0.39, 0.29) is 18.4 Å². The standard InChI is InChI=1S/C20H28N4O4S/c1-4-28-20(26)17-13(2)16-18(21-9-8-15(25)27-3)22-14(23-19(16)29-17)12-24-10-6-5-7-11-24/h4-12H2,1-3H3,(H,21,22,23)/p+1. The van der Waals surface area contributed by atoms with Crippen molar-refractivity contribution in [1.29, 1.82) is 0 Å². The summed E-state index contributed by atoms with van der Waals surface area (Å²) < 4.78 is 9.91. The molecule has 0 radical (unpaired) electrons. The summed E-state index contributed by atoms with van der Waals surface area (Å²) in [5.74, 6) is 0.799. The monoisotopic (exact) mass is 421 g/mol. The van der Waals surface area contributed by atoms with Crippen molar-refractivity contribution >= 4 is 39.3 Å². The highest BCUT2D eigenvalue weighted by molar-refractivity contribution is 7.20. The van der Waals surface area contributed by atoms with Gasteiger partial charge in [0.2, 0.25) is 0 Å². The molecule has 3 heterocycles. The van der Waals surface area contributed by atoms with Crippen molar-refractivity contribution in [2.24, 2.45) is 0 Å². The summed E-state index contributed by atoms with van der Waals surface area (Å²) in [6.07, 6.45) is 3.99. The maximum absolute atomic E-state index is 12.3. The van der Waals surface area contributed by atoms with Gasteiger partial charge in [-0.05, 0) is 38.7 Å². The average Bonchev–Trinajstić information content (AvgIpc) is 3.05. The van der Waals surface area contributed by atoms with E-state index in [1.807, 2.05) is 6.92 Å². The molecule has 0 aliphatic carbocycles. The molecule has 1 saturated heterocycles. The Bertz CT molecular complexity index is 877. The van der Waals surface area contributed by atoms with E-state index in [2.05, 4.69) is 5.32 Å². The fourth-order valence-electron chi connectivity index (χ4n) is 3.62. The third-order valence-electron chi connectivity index (χ3n) is 5.12. The highest BCUT2D eigenvalue weighted by atomic mass is 32.1. The highest BCUT2D eigenvalue weighted by Crippen LogP contribution is 2.34. The van der Waals surface area contributed by atoms with Gasteiger partial charge in [0.05, 0.1) is 38.6 Å². The molecule has 29 heavy (non-hydrogen) atoms. The fraction of sp³-hybridized carbons (Fsp3) is 0.600. The summed E-state index contributed by atoms with van der Waals surface area (Å²) in [5.41, 5.74) is 0.806. The highest BCUT2D eigenvalue weighted by Gasteiger charge is 2.23. The summed E-state index contributed by atoms with van der Waals surface area (Å²) in [6.45, 7) is 7.42. The number of nitrogens with zero attached hydrogens (tertiary/aromatic N) is 2. The fourth-order valence-corrected chi connectivity index (χ4v) is 4.71. The first kappa shape index (κ1) is 21.4. The third kappa shape index (κ3) is 5.22. The van der Waals surface area contributed by atoms with Crippen molar-refractivity contribution in [3.63, 3.8) is 0 Å². The molecular formula is C20H29N4O4S+. The van der Waals surface area contributed by atoms with E-state index in [4.69, 9.17) is 19.4 Å². The van der Waals surface area contributed by atoms with Gasteiger partial charge in [-0.1, -0.05) is 0 Å². The van der Waals surface area contributed by atoms with Gasteiger partial charge in [0.15, 0.2) is 5.82 Å². The van der Waals surface area contributed by atoms with Crippen molar-refractivity contribution < 1.29 is 24.0 Å². The minimum atomic E-state index is -0.336. The molecule has 1 aliphatic rings. The number of nitrogens with one attached hydrogen (secondary N) is 2. The first-order valence-electron chi connectivity index (χ1n) is 10.1. The summed E-state index contributed by atoms with van der Waals surface area (Å²) in [7, 11) is 1.37. The molecular weight excluding hydrogens is 392 g/mol. The molecule has 158 valence electrons. The smallest absolute Gasteiger partial charge is 0.348 e. The molecule has 2 N–H and O–H groups in total. The SMILES string of the molecule is CCOC(=O)c1sc2nc(C[NH+]3CCCCC3)nc(NCCC(=O)OC)c2c1C. The summed E-state index contributed by atoms with van der Waals surface area (Å²) in [6, 6.07) is 0. The topological polar surface area (TPSA) is 94.9 Å². The molecule has 2 aromatic heterocycles. The lowest BCUT2D eigenvalue weighted by Crippen LogP contribution is -3.11. The van der Waals surface area contributed by atoms with Crippen molar-refractivity contribution in [1.82, 2.24) is 9.97 Å². The Hall–Kier alpha value is -2.26. The van der Waals surface area contributed by atoms with E-state index < -0.39 is 0 Å². The number of carbonyl (C=O) groups is 2. The van der Waals surface area contributed by atoms with Gasteiger partial charge in [-0.2, -0.15) is 0 Å². The number of likely N-dealkylation sites (tertiary alicyclic amines) is 1. The Balaban J connectivity index is 1.93. The summed E-state index contributed by atoms with van der Waals surface area (Å²) in [4.78, 5) is 36.1. The van der Waals surface area contributed by atoms with Crippen LogP contribution in [0.3, 0.4) is 0 Å². The molecule has 1 aliphatic heterocycles. The lowest BCUT2D eigenvalue weighted by molar-refractivity contribution is -0.919. The molecule has 0 spiro atoms. The lowest BCUT2D eigenvalue weighted by atomic mass is 10.1. The third-order valence-corrected chi connectivity index (χ3v) is 6.28. The number of anilines is 1. The number of rotatable bonds is 8. The van der Waals surface area contributed by atoms with Crippen molar-refractivity contribution in [3.05, 3.63) is 16.3 Å². The number of aryl methyl sites for hydroxylation is 1. The number of fused-ring (bicyclic) bond motifs is 1. The predicted octanol–water partition coefficient (Wildman–Crippen LogP) is 1.72. The number of methoxy groups -OCH3 is 1. The number of aromatic nitrogens is 2. The second kappa shape index (κ2) is 9.98. The molecule has 9 heteroatoms. The number of carbonyl (C=O) groups excluding carboxylic acids is 2. The number of hydrogen-bond acceptors (Lipinski definition) is 8. The van der Waals surface area contributed by atoms with Gasteiger partial charge >= 0.3 is 11.9 Å². The lowest BCUT2D eigenvalue weighted by Gasteiger charge is -2.22. The summed E-state index contributed by atoms with van der Waals surface area (Å²) in [5, 5.41) is 4.07. The Morgan fingerprint density at radius 3 is 2.66 bits per heavy atom. The molecule has 0 aromatic carbocycles. The molecule has 1 fully saturated rings. The van der Waals surface area contributed by atoms with Gasteiger partial charge in [0.25, 0.3) is 0 Å². The second-order valence-corrected chi connectivity index (χ2v) is 8.18. The van der Waals surface area contributed by atoms with E-state index in [1.54, 1.807) is 6.92 Å². The number of thiophene rings is 1. The Kier molecular flexibility index (Phi) is 7.38. The van der Waals surface area contributed by atoms with Crippen LogP contribution in [0.1, 0.15) is 53.7 Å². The zero-order valence-electron chi connectivity index (χ0n) is 17.3. The quantitative estimate of drug-likeness (QED) is 0.627. The van der Waals surface area contributed by atoms with Crippen LogP contribution in [0.5, 0.6) is 0 Å². The largest absolute Gasteiger partial charge is 0.469 e. The maximum Gasteiger partial charge on any atom is 0.348 e. The van der Waals surface area contributed by atoms with Crippen molar-refractivity contribution in [2.45, 2.75) is 46.1 Å². The van der Waals surface area contributed by atoms with Crippen LogP contribution in [-0.2, 0) is 20.8 Å². The van der Waals surface area contributed by atoms with E-state index in [0.29, 0.717) is 23.8 Å². The molecule has 2 aromatic rings. The zero-order chi connectivity index (χ0) is 20.8. The first-order valence-corrected chi connectivity index (χ1v) is 11.0. The molecule has 0 unspecified atom stereocenters. The van der Waals surface area contributed by atoms with Crippen LogP contribution in [0.25, 0.3) is 10.2 Å². The number of esters is 2. The van der Waals surface area contributed by atoms with Crippen LogP contribution in [0.2, 0.25) is 0 Å². The van der Waals surface area contributed by atoms with Crippen LogP contribution in [-0.4, -0.2) is 55.3 Å². The zero-order valence-corrected chi connectivity index (χ0v) is 18.1. The van der Waals surface area contributed by atoms with Crippen LogP contribution in [0.4, 0.5) is 5.82 Å². The molecule has 8 nitrogen and oxygen atoms in total. The van der Waals surface area contributed by atoms with Gasteiger partial charge in [-0.25, -0.2) is 14.8 Å². The van der Waals surface area contributed by atoms with Gasteiger partial charge in [0, 0.05) is 6.54 Å². The van der Waals surface area contributed by atoms with Crippen LogP contribution in [0.15, 0.2) is 0 Å². The van der Waals surface area contributed by atoms with Gasteiger partial charge in [0.1, 0.15) is 22.1 Å². The van der Waals surface area contributed by atoms with E-state index in [0.717, 1.165) is 41.2 Å². The maximum atomic E-state index is 12.3. The Labute approximate surface area is 174 Å². The van der Waals surface area contributed by atoms with Crippen LogP contribution < -0.4 is 10.2 Å². The van der Waals surface area contributed by atoms with E-state index in [1.165, 1.54) is 42.6 Å². The van der Waals surface area contributed by atoms with Gasteiger partial charge < -0.3 is 19.7 Å². The summed E-state index contributed by atoms with van der Waals surface area (Å²) >= 11 is 1.34. The number of quaternary nitrogens is 1. The molecule has 0 saturated carbocycles. The Morgan fingerprint density at radius 1 is 1.21 bits per heavy atom. The number of piperidine rings is 1. The van der Waals surface area contributed by atoms with Crippen molar-refractivity contribution in [2.75, 3.05) is 38.7 Å². The van der Waals surface area contributed by atoms with Crippen LogP contribution in [0, 0.1) is 6.92 Å². The van der Waals surface area contributed by atoms with Gasteiger partial charge in [-0.15, -0.1) is 11.3 Å². The predicted molar refractivity (Wildman–Crippen MR) is 111 cm³/mol. The molecule has 0 amide bonds. The van der Waals surface area contributed by atoms with E-state index in [9.17, 15) is 9.59 Å². The molecule has 3 rings (SSSR count). The molecule has 0 bridgehead atoms. The Morgan fingerprint density at radius 2 is 1.97 bits per heavy atom. The minimum absolute atomic E-state index is 0.239. The van der Waals surface area contributed by atoms with Gasteiger partial charge in [-0.3, -0.25) is 4.79 Å². The number of hydrogen-bond donors (Lipinski definition) is 2. The van der Waals surface area contributed by atoms with E-state index >= 15 is 0 Å². The molecule has 0 atom stereocenters. The average molecular weight is 422 g/mol.